The Balaban J connectivity index is 2.97. The molecule has 0 amide bonds. The van der Waals surface area contributed by atoms with Crippen LogP contribution in [-0.4, -0.2) is 16.2 Å². The minimum absolute atomic E-state index is 0.264. The Kier molecular flexibility index (Phi) is 2.86. The fourth-order valence-electron chi connectivity index (χ4n) is 1.22. The number of hydrogen-bond donors (Lipinski definition) is 2. The Bertz CT molecular complexity index is 347. The molecule has 2 N–H and O–H groups in total. The lowest BCUT2D eigenvalue weighted by atomic mass is 9.93. The van der Waals surface area contributed by atoms with Gasteiger partial charge in [-0.05, 0) is 24.6 Å². The third-order valence-electron chi connectivity index (χ3n) is 1.94. The molecule has 1 rings (SSSR count). The van der Waals surface area contributed by atoms with E-state index in [1.807, 2.05) is 0 Å². The number of aliphatic carboxylic acids is 1. The van der Waals surface area contributed by atoms with Crippen molar-refractivity contribution in [3.63, 3.8) is 0 Å². The Morgan fingerprint density at radius 3 is 2.71 bits per heavy atom. The number of benzene rings is 1. The van der Waals surface area contributed by atoms with Gasteiger partial charge in [-0.3, -0.25) is 4.79 Å². The van der Waals surface area contributed by atoms with E-state index in [0.29, 0.717) is 0 Å². The lowest BCUT2D eigenvalue weighted by Crippen LogP contribution is -2.25. The van der Waals surface area contributed by atoms with E-state index in [1.54, 1.807) is 0 Å². The van der Waals surface area contributed by atoms with Gasteiger partial charge in [0.1, 0.15) is 5.82 Å². The van der Waals surface area contributed by atoms with Gasteiger partial charge in [0.25, 0.3) is 0 Å². The zero-order chi connectivity index (χ0) is 10.8. The summed E-state index contributed by atoms with van der Waals surface area (Å²) in [5.41, 5.74) is -1.27. The van der Waals surface area contributed by atoms with E-state index in [4.69, 9.17) is 5.11 Å². The third kappa shape index (κ3) is 2.53. The summed E-state index contributed by atoms with van der Waals surface area (Å²) in [5.74, 6) is -1.62. The predicted molar refractivity (Wildman–Crippen MR) is 48.2 cm³/mol. The van der Waals surface area contributed by atoms with E-state index in [0.717, 1.165) is 6.07 Å². The molecule has 0 saturated heterocycles. The Labute approximate surface area is 80.8 Å². The zero-order valence-electron chi connectivity index (χ0n) is 7.70. The van der Waals surface area contributed by atoms with Crippen LogP contribution < -0.4 is 0 Å². The average Bonchev–Trinajstić information content (AvgIpc) is 2.01. The van der Waals surface area contributed by atoms with Crippen molar-refractivity contribution in [1.82, 2.24) is 0 Å². The van der Waals surface area contributed by atoms with Gasteiger partial charge in [0, 0.05) is 0 Å². The third-order valence-corrected chi connectivity index (χ3v) is 1.94. The topological polar surface area (TPSA) is 57.5 Å². The van der Waals surface area contributed by atoms with Crippen LogP contribution in [0.2, 0.25) is 0 Å². The fourth-order valence-corrected chi connectivity index (χ4v) is 1.22. The van der Waals surface area contributed by atoms with Gasteiger partial charge in [0.05, 0.1) is 12.0 Å². The first kappa shape index (κ1) is 10.7. The number of aliphatic hydroxyl groups is 1. The molecule has 0 aliphatic carbocycles. The van der Waals surface area contributed by atoms with Gasteiger partial charge in [-0.25, -0.2) is 4.39 Å². The fraction of sp³-hybridized carbons (Fsp3) is 0.300. The second kappa shape index (κ2) is 3.75. The summed E-state index contributed by atoms with van der Waals surface area (Å²) in [5, 5.41) is 18.3. The van der Waals surface area contributed by atoms with E-state index in [1.165, 1.54) is 25.1 Å². The molecule has 1 aromatic carbocycles. The molecule has 0 spiro atoms. The van der Waals surface area contributed by atoms with E-state index >= 15 is 0 Å². The molecule has 76 valence electrons. The van der Waals surface area contributed by atoms with Gasteiger partial charge < -0.3 is 10.2 Å². The minimum atomic E-state index is -1.53. The lowest BCUT2D eigenvalue weighted by molar-refractivity contribution is -0.142. The van der Waals surface area contributed by atoms with Crippen molar-refractivity contribution in [3.8, 4) is 0 Å². The molecular formula is C10H11FO3. The second-order valence-corrected chi connectivity index (χ2v) is 3.35. The maximum Gasteiger partial charge on any atom is 0.306 e. The number of rotatable bonds is 3. The Morgan fingerprint density at radius 1 is 1.57 bits per heavy atom. The Morgan fingerprint density at radius 2 is 2.21 bits per heavy atom. The van der Waals surface area contributed by atoms with Crippen LogP contribution in [0.5, 0.6) is 0 Å². The van der Waals surface area contributed by atoms with Crippen LogP contribution in [0.25, 0.3) is 0 Å². The number of halogens is 1. The number of carbonyl (C=O) groups is 1. The largest absolute Gasteiger partial charge is 0.481 e. The normalized spacial score (nSPS) is 14.8. The van der Waals surface area contributed by atoms with Gasteiger partial charge in [-0.1, -0.05) is 12.1 Å². The van der Waals surface area contributed by atoms with Gasteiger partial charge in [-0.15, -0.1) is 0 Å². The summed E-state index contributed by atoms with van der Waals surface area (Å²) in [6, 6.07) is 5.29. The number of carboxylic acids is 1. The molecule has 0 aliphatic rings. The van der Waals surface area contributed by atoms with Crippen molar-refractivity contribution in [3.05, 3.63) is 35.6 Å². The van der Waals surface area contributed by atoms with Crippen molar-refractivity contribution in [2.45, 2.75) is 18.9 Å². The number of carboxylic acid groups (broad SMARTS) is 1. The molecule has 0 fully saturated rings. The lowest BCUT2D eigenvalue weighted by Gasteiger charge is -2.21. The first-order valence-electron chi connectivity index (χ1n) is 4.12. The number of hydrogen-bond acceptors (Lipinski definition) is 2. The van der Waals surface area contributed by atoms with Crippen LogP contribution in [-0.2, 0) is 10.4 Å². The van der Waals surface area contributed by atoms with Gasteiger partial charge in [-0.2, -0.15) is 0 Å². The predicted octanol–water partition coefficient (Wildman–Crippen LogP) is 1.51. The maximum atomic E-state index is 12.8. The van der Waals surface area contributed by atoms with Crippen LogP contribution in [0.1, 0.15) is 18.9 Å². The molecule has 0 radical (unpaired) electrons. The first-order valence-corrected chi connectivity index (χ1v) is 4.12. The summed E-state index contributed by atoms with van der Waals surface area (Å²) in [7, 11) is 0. The average molecular weight is 198 g/mol. The van der Waals surface area contributed by atoms with Crippen LogP contribution in [0.15, 0.2) is 24.3 Å². The van der Waals surface area contributed by atoms with Gasteiger partial charge >= 0.3 is 5.97 Å². The molecule has 1 atom stereocenters. The van der Waals surface area contributed by atoms with Crippen molar-refractivity contribution in [2.24, 2.45) is 0 Å². The molecule has 1 unspecified atom stereocenters. The van der Waals surface area contributed by atoms with E-state index in [9.17, 15) is 14.3 Å². The molecule has 0 heterocycles. The molecule has 0 aromatic heterocycles. The maximum absolute atomic E-state index is 12.8. The highest BCUT2D eigenvalue weighted by Gasteiger charge is 2.26. The smallest absolute Gasteiger partial charge is 0.306 e. The molecule has 1 aromatic rings. The van der Waals surface area contributed by atoms with Crippen molar-refractivity contribution >= 4 is 5.97 Å². The van der Waals surface area contributed by atoms with Crippen molar-refractivity contribution in [2.75, 3.05) is 0 Å². The highest BCUT2D eigenvalue weighted by molar-refractivity contribution is 5.68. The molecule has 0 bridgehead atoms. The minimum Gasteiger partial charge on any atom is -0.481 e. The highest BCUT2D eigenvalue weighted by atomic mass is 19.1. The second-order valence-electron chi connectivity index (χ2n) is 3.35. The molecule has 0 aliphatic heterocycles. The first-order chi connectivity index (χ1) is 6.42. The standard InChI is InChI=1S/C10H11FO3/c1-10(14,6-9(12)13)7-3-2-4-8(11)5-7/h2-5,14H,6H2,1H3,(H,12,13). The molecule has 4 heteroatoms. The van der Waals surface area contributed by atoms with E-state index < -0.39 is 23.8 Å². The zero-order valence-corrected chi connectivity index (χ0v) is 7.70. The van der Waals surface area contributed by atoms with Crippen LogP contribution in [0.3, 0.4) is 0 Å². The van der Waals surface area contributed by atoms with Gasteiger partial charge in [0.15, 0.2) is 0 Å². The molecular weight excluding hydrogens is 187 g/mol. The van der Waals surface area contributed by atoms with E-state index in [-0.39, 0.29) is 5.56 Å². The molecule has 3 nitrogen and oxygen atoms in total. The summed E-state index contributed by atoms with van der Waals surface area (Å²) in [4.78, 5) is 10.4. The Hall–Kier alpha value is -1.42. The summed E-state index contributed by atoms with van der Waals surface area (Å²) < 4.78 is 12.8. The van der Waals surface area contributed by atoms with Crippen molar-refractivity contribution in [1.29, 1.82) is 0 Å². The van der Waals surface area contributed by atoms with Crippen LogP contribution >= 0.6 is 0 Å². The SMILES string of the molecule is CC(O)(CC(=O)O)c1cccc(F)c1. The quantitative estimate of drug-likeness (QED) is 0.773. The summed E-state index contributed by atoms with van der Waals surface area (Å²) >= 11 is 0. The van der Waals surface area contributed by atoms with Gasteiger partial charge in [0.2, 0.25) is 0 Å². The van der Waals surface area contributed by atoms with Crippen LogP contribution in [0.4, 0.5) is 4.39 Å². The summed E-state index contributed by atoms with van der Waals surface area (Å²) in [6.07, 6.45) is -0.448. The van der Waals surface area contributed by atoms with E-state index in [2.05, 4.69) is 0 Å². The summed E-state index contributed by atoms with van der Waals surface area (Å²) in [6.45, 7) is 1.34. The molecule has 14 heavy (non-hydrogen) atoms. The molecule has 0 saturated carbocycles. The van der Waals surface area contributed by atoms with Crippen molar-refractivity contribution < 1.29 is 19.4 Å². The van der Waals surface area contributed by atoms with Crippen LogP contribution in [0, 0.1) is 5.82 Å². The highest BCUT2D eigenvalue weighted by Crippen LogP contribution is 2.24. The monoisotopic (exact) mass is 198 g/mol.